The van der Waals surface area contributed by atoms with Crippen LogP contribution >= 0.6 is 7.82 Å². The number of nitrogen functional groups attached to an aromatic ring is 2. The number of hydrogen-bond donors (Lipinski definition) is 6. The maximum Gasteiger partial charge on any atom is 0.472 e. The molecule has 2 bridgehead atoms. The summed E-state index contributed by atoms with van der Waals surface area (Å²) in [5, 5.41) is 31.0. The zero-order valence-electron chi connectivity index (χ0n) is 25.0. The normalized spacial score (nSPS) is 30.3. The van der Waals surface area contributed by atoms with Gasteiger partial charge in [0, 0.05) is 7.11 Å². The van der Waals surface area contributed by atoms with Crippen molar-refractivity contribution in [2.24, 2.45) is 0 Å². The molecule has 24 heteroatoms. The second-order valence-corrected chi connectivity index (χ2v) is 12.4. The number of imidazole rings is 2. The number of H-pyrrole nitrogens is 1. The number of nitrogens with one attached hydrogen (secondary N) is 1. The Morgan fingerprint density at radius 3 is 2.75 bits per heavy atom. The highest BCUT2D eigenvalue weighted by atomic mass is 31.2. The van der Waals surface area contributed by atoms with E-state index in [2.05, 4.69) is 40.2 Å². The Kier molecular flexibility index (Phi) is 8.39. The summed E-state index contributed by atoms with van der Waals surface area (Å²) in [5.41, 5.74) is 12.1. The van der Waals surface area contributed by atoms with E-state index in [0.717, 1.165) is 0 Å². The number of fused-ring (bicyclic) bond motifs is 5. The van der Waals surface area contributed by atoms with Crippen molar-refractivity contribution in [2.45, 2.75) is 62.5 Å². The predicted molar refractivity (Wildman–Crippen MR) is 158 cm³/mol. The summed E-state index contributed by atoms with van der Waals surface area (Å²) in [6.45, 7) is -1.00. The van der Waals surface area contributed by atoms with Crippen LogP contribution in [0.25, 0.3) is 22.3 Å². The monoisotopic (exact) mass is 691 g/mol. The van der Waals surface area contributed by atoms with Gasteiger partial charge in [-0.05, 0) is 0 Å². The van der Waals surface area contributed by atoms with E-state index in [4.69, 9.17) is 34.7 Å². The molecule has 256 valence electrons. The van der Waals surface area contributed by atoms with Crippen LogP contribution in [0.15, 0.2) is 30.0 Å². The van der Waals surface area contributed by atoms with Crippen LogP contribution in [0.5, 0.6) is 0 Å². The molecule has 7 rings (SSSR count). The summed E-state index contributed by atoms with van der Waals surface area (Å²) < 4.78 is 45.9. The fourth-order valence-electron chi connectivity index (χ4n) is 5.61. The first-order chi connectivity index (χ1) is 23.0. The molecule has 7 heterocycles. The third-order valence-corrected chi connectivity index (χ3v) is 8.95. The molecule has 0 spiro atoms. The molecule has 0 amide bonds. The van der Waals surface area contributed by atoms with Gasteiger partial charge in [0.1, 0.15) is 54.2 Å². The van der Waals surface area contributed by atoms with Crippen LogP contribution in [0.4, 0.5) is 11.8 Å². The fraction of sp³-hybridized carbons (Fsp3) is 0.500. The predicted octanol–water partition coefficient (Wildman–Crippen LogP) is -2.55. The molecule has 8 atom stereocenters. The zero-order valence-corrected chi connectivity index (χ0v) is 25.8. The number of hydrogen-bond acceptors (Lipinski definition) is 18. The number of phosphoric acid groups is 1. The van der Waals surface area contributed by atoms with E-state index in [1.54, 1.807) is 0 Å². The van der Waals surface area contributed by atoms with E-state index in [0.29, 0.717) is 5.69 Å². The van der Waals surface area contributed by atoms with Gasteiger partial charge in [-0.1, -0.05) is 5.21 Å². The number of methoxy groups -OCH3 is 1. The first kappa shape index (κ1) is 32.1. The number of ether oxygens (including phenoxy) is 3. The lowest BCUT2D eigenvalue weighted by Crippen LogP contribution is -2.44. The van der Waals surface area contributed by atoms with Crippen molar-refractivity contribution in [2.75, 3.05) is 25.2 Å². The highest BCUT2D eigenvalue weighted by Gasteiger charge is 2.50. The summed E-state index contributed by atoms with van der Waals surface area (Å²) in [6.07, 6.45) is -3.64. The molecule has 48 heavy (non-hydrogen) atoms. The van der Waals surface area contributed by atoms with Gasteiger partial charge in [0.2, 0.25) is 5.95 Å². The van der Waals surface area contributed by atoms with Crippen molar-refractivity contribution in [3.05, 3.63) is 41.2 Å². The van der Waals surface area contributed by atoms with Crippen molar-refractivity contribution in [1.82, 2.24) is 54.0 Å². The minimum atomic E-state index is -4.96. The molecule has 5 aromatic rings. The van der Waals surface area contributed by atoms with E-state index < -0.39 is 62.8 Å². The Balaban J connectivity index is 1.18. The molecule has 8 N–H and O–H groups in total. The number of aromatic nitrogens is 11. The molecule has 0 aliphatic carbocycles. The highest BCUT2D eigenvalue weighted by molar-refractivity contribution is 7.47. The van der Waals surface area contributed by atoms with Gasteiger partial charge in [0.05, 0.1) is 45.2 Å². The average molecular weight is 692 g/mol. The Labute approximate surface area is 268 Å². The van der Waals surface area contributed by atoms with E-state index in [9.17, 15) is 24.5 Å². The van der Waals surface area contributed by atoms with Gasteiger partial charge in [0.25, 0.3) is 5.56 Å². The lowest BCUT2D eigenvalue weighted by molar-refractivity contribution is -0.123. The number of aromatic amines is 1. The summed E-state index contributed by atoms with van der Waals surface area (Å²) in [5.74, 6) is -0.0340. The number of nitrogens with zero attached hydrogens (tertiary/aromatic N) is 10. The van der Waals surface area contributed by atoms with Crippen molar-refractivity contribution in [1.29, 1.82) is 0 Å². The standard InChI is InChI=1S/C24H30N13O10P/c1-43-13-6-45-48(41,42)47-18-12(46-23(17(18)39)37-9-30-14-19(25)27-7-28-20(14)37)4-36-2-10(33-34-36)5-44-11(16(13)38)3-35-8-29-15-21(35)31-24(26)32-22(15)40/h2,7-9,11-13,16-18,23,38-39H,3-6H2,1H3,(H,41,42)(H2,25,27,28)(H3,26,31,32,40)/t11?,12-,13-,16?,17?,18?,23-/m1/s1. The van der Waals surface area contributed by atoms with E-state index in [1.165, 1.54) is 46.1 Å². The van der Waals surface area contributed by atoms with Gasteiger partial charge in [0.15, 0.2) is 28.9 Å². The Morgan fingerprint density at radius 1 is 1.12 bits per heavy atom. The molecule has 0 radical (unpaired) electrons. The summed E-state index contributed by atoms with van der Waals surface area (Å²) in [4.78, 5) is 45.9. The third kappa shape index (κ3) is 6.02. The van der Waals surface area contributed by atoms with Crippen LogP contribution in [0.3, 0.4) is 0 Å². The maximum atomic E-state index is 13.3. The van der Waals surface area contributed by atoms with Crippen LogP contribution in [0.1, 0.15) is 11.9 Å². The number of aliphatic hydroxyl groups is 2. The second-order valence-electron chi connectivity index (χ2n) is 11.0. The number of phosphoric ester groups is 1. The van der Waals surface area contributed by atoms with Gasteiger partial charge in [-0.3, -0.25) is 23.4 Å². The summed E-state index contributed by atoms with van der Waals surface area (Å²) >= 11 is 0. The van der Waals surface area contributed by atoms with Crippen molar-refractivity contribution in [3.63, 3.8) is 0 Å². The van der Waals surface area contributed by atoms with Gasteiger partial charge in [-0.15, -0.1) is 5.10 Å². The van der Waals surface area contributed by atoms with E-state index in [-0.39, 0.29) is 53.8 Å². The number of anilines is 2. The molecule has 1 saturated heterocycles. The van der Waals surface area contributed by atoms with Gasteiger partial charge in [-0.25, -0.2) is 29.2 Å². The van der Waals surface area contributed by atoms with Crippen LogP contribution in [-0.4, -0.2) is 119 Å². The van der Waals surface area contributed by atoms with Crippen LogP contribution in [0.2, 0.25) is 0 Å². The third-order valence-electron chi connectivity index (χ3n) is 7.96. The lowest BCUT2D eigenvalue weighted by Gasteiger charge is -2.30. The Morgan fingerprint density at radius 2 is 1.94 bits per heavy atom. The van der Waals surface area contributed by atoms with Crippen molar-refractivity contribution < 1.29 is 42.9 Å². The molecule has 0 saturated carbocycles. The van der Waals surface area contributed by atoms with Crippen molar-refractivity contribution in [3.8, 4) is 0 Å². The fourth-order valence-corrected chi connectivity index (χ4v) is 6.57. The molecule has 2 aliphatic heterocycles. The molecular weight excluding hydrogens is 661 g/mol. The van der Waals surface area contributed by atoms with Gasteiger partial charge < -0.3 is 45.4 Å². The smallest absolute Gasteiger partial charge is 0.388 e. The topological polar surface area (TPSA) is 314 Å². The van der Waals surface area contributed by atoms with E-state index in [1.807, 2.05) is 0 Å². The lowest BCUT2D eigenvalue weighted by atomic mass is 10.1. The summed E-state index contributed by atoms with van der Waals surface area (Å²) in [6, 6.07) is 0. The first-order valence-electron chi connectivity index (χ1n) is 14.4. The van der Waals surface area contributed by atoms with Crippen LogP contribution in [-0.2, 0) is 47.5 Å². The molecular formula is C24H30N13O10P. The minimum Gasteiger partial charge on any atom is -0.388 e. The molecule has 1 fully saturated rings. The van der Waals surface area contributed by atoms with Crippen LogP contribution < -0.4 is 17.0 Å². The molecule has 5 unspecified atom stereocenters. The largest absolute Gasteiger partial charge is 0.472 e. The molecule has 0 aromatic carbocycles. The zero-order chi connectivity index (χ0) is 33.7. The quantitative estimate of drug-likeness (QED) is 0.106. The van der Waals surface area contributed by atoms with Crippen molar-refractivity contribution >= 4 is 41.9 Å². The summed E-state index contributed by atoms with van der Waals surface area (Å²) in [7, 11) is -3.71. The highest BCUT2D eigenvalue weighted by Crippen LogP contribution is 2.49. The molecule has 2 aliphatic rings. The average Bonchev–Trinajstić information content (AvgIpc) is 3.83. The molecule has 5 aromatic heterocycles. The maximum absolute atomic E-state index is 13.3. The Bertz CT molecular complexity index is 2050. The van der Waals surface area contributed by atoms with Crippen LogP contribution in [0, 0.1) is 0 Å². The first-order valence-corrected chi connectivity index (χ1v) is 15.8. The SMILES string of the molecule is CO[C@@H]1COP(=O)(O)OC2C(O)[C@H](n3cnc4c(N)ncnc43)O[C@@H]2Cn2cc(nn2)COC(Cn2cnc3c(=O)[nH]c(N)nc32)C1O. The van der Waals surface area contributed by atoms with E-state index >= 15 is 0 Å². The number of aliphatic hydroxyl groups excluding tert-OH is 2. The molecule has 23 nitrogen and oxygen atoms in total. The minimum absolute atomic E-state index is 0.0135. The number of rotatable bonds is 4. The number of nitrogens with two attached hydrogens (primary N) is 2. The second kappa shape index (κ2) is 12.5. The van der Waals surface area contributed by atoms with Gasteiger partial charge in [-0.2, -0.15) is 4.98 Å². The Hall–Kier alpha value is -4.45. The van der Waals surface area contributed by atoms with Gasteiger partial charge >= 0.3 is 7.82 Å².